The highest BCUT2D eigenvalue weighted by Crippen LogP contribution is 2.11. The van der Waals surface area contributed by atoms with Crippen LogP contribution in [0.25, 0.3) is 6.08 Å². The molecule has 1 aromatic carbocycles. The molecule has 0 fully saturated rings. The lowest BCUT2D eigenvalue weighted by atomic mass is 10.2. The number of carbonyl (C=O) groups is 1. The third-order valence-corrected chi connectivity index (χ3v) is 1.86. The number of carbonyl (C=O) groups excluding carboxylic acids is 1. The molecule has 0 aromatic heterocycles. The zero-order chi connectivity index (χ0) is 10.4. The van der Waals surface area contributed by atoms with Gasteiger partial charge < -0.3 is 5.32 Å². The molecule has 1 N–H and O–H groups in total. The van der Waals surface area contributed by atoms with Crippen molar-refractivity contribution < 1.29 is 4.79 Å². The van der Waals surface area contributed by atoms with E-state index in [2.05, 4.69) is 5.32 Å². The Labute approximate surface area is 88.6 Å². The Kier molecular flexibility index (Phi) is 4.20. The third-order valence-electron chi connectivity index (χ3n) is 1.63. The van der Waals surface area contributed by atoms with Gasteiger partial charge in [0.25, 0.3) is 0 Å². The van der Waals surface area contributed by atoms with Gasteiger partial charge in [0, 0.05) is 18.5 Å². The molecule has 0 aliphatic heterocycles. The molecule has 1 aromatic rings. The fraction of sp³-hybridized carbons (Fsp3) is 0.182. The van der Waals surface area contributed by atoms with Crippen molar-refractivity contribution in [3.8, 4) is 0 Å². The van der Waals surface area contributed by atoms with Gasteiger partial charge in [0.15, 0.2) is 0 Å². The molecule has 0 saturated heterocycles. The lowest BCUT2D eigenvalue weighted by Gasteiger charge is -1.96. The summed E-state index contributed by atoms with van der Waals surface area (Å²) < 4.78 is 0. The van der Waals surface area contributed by atoms with E-state index < -0.39 is 0 Å². The van der Waals surface area contributed by atoms with Crippen LogP contribution in [0.5, 0.6) is 0 Å². The second-order valence-corrected chi connectivity index (χ2v) is 3.33. The highest BCUT2D eigenvalue weighted by Gasteiger charge is 1.89. The van der Waals surface area contributed by atoms with E-state index in [0.717, 1.165) is 5.56 Å². The first-order chi connectivity index (χ1) is 6.68. The van der Waals surface area contributed by atoms with Crippen molar-refractivity contribution >= 4 is 23.6 Å². The summed E-state index contributed by atoms with van der Waals surface area (Å²) in [5, 5.41) is 3.39. The summed E-state index contributed by atoms with van der Waals surface area (Å²) in [4.78, 5) is 10.5. The Hall–Kier alpha value is -1.28. The maximum Gasteiger partial charge on any atom is 0.217 e. The maximum absolute atomic E-state index is 10.5. The predicted octanol–water partition coefficient (Wildman–Crippen LogP) is 2.49. The zero-order valence-electron chi connectivity index (χ0n) is 7.96. The molecule has 0 aliphatic carbocycles. The molecule has 1 amide bonds. The van der Waals surface area contributed by atoms with E-state index in [1.54, 1.807) is 0 Å². The average molecular weight is 210 g/mol. The number of halogens is 1. The van der Waals surface area contributed by atoms with E-state index in [1.165, 1.54) is 6.92 Å². The molecular weight excluding hydrogens is 198 g/mol. The van der Waals surface area contributed by atoms with Crippen molar-refractivity contribution in [3.63, 3.8) is 0 Å². The fourth-order valence-corrected chi connectivity index (χ4v) is 1.21. The summed E-state index contributed by atoms with van der Waals surface area (Å²) in [7, 11) is 0. The van der Waals surface area contributed by atoms with Crippen LogP contribution in [0.15, 0.2) is 30.3 Å². The van der Waals surface area contributed by atoms with Gasteiger partial charge in [0.05, 0.1) is 0 Å². The van der Waals surface area contributed by atoms with Crippen LogP contribution >= 0.6 is 11.6 Å². The van der Waals surface area contributed by atoms with Crippen molar-refractivity contribution in [1.82, 2.24) is 5.32 Å². The van der Waals surface area contributed by atoms with E-state index in [9.17, 15) is 4.79 Å². The van der Waals surface area contributed by atoms with Crippen LogP contribution in [0.2, 0.25) is 5.02 Å². The van der Waals surface area contributed by atoms with Gasteiger partial charge in [-0.1, -0.05) is 35.9 Å². The van der Waals surface area contributed by atoms with Crippen molar-refractivity contribution in [3.05, 3.63) is 40.9 Å². The minimum Gasteiger partial charge on any atom is -0.353 e. The third kappa shape index (κ3) is 4.10. The van der Waals surface area contributed by atoms with Crippen molar-refractivity contribution in [2.45, 2.75) is 6.92 Å². The second kappa shape index (κ2) is 5.45. The fourth-order valence-electron chi connectivity index (χ4n) is 1.01. The Bertz CT molecular complexity index is 347. The molecule has 1 rings (SSSR count). The highest BCUT2D eigenvalue weighted by molar-refractivity contribution is 6.30. The standard InChI is InChI=1S/C11H12ClNO/c1-9(14)13-7-3-5-10-4-2-6-11(12)8-10/h2-6,8H,7H2,1H3,(H,13,14). The van der Waals surface area contributed by atoms with E-state index in [0.29, 0.717) is 11.6 Å². The number of hydrogen-bond acceptors (Lipinski definition) is 1. The molecule has 3 heteroatoms. The minimum atomic E-state index is -0.0271. The van der Waals surface area contributed by atoms with E-state index >= 15 is 0 Å². The maximum atomic E-state index is 10.5. The Morgan fingerprint density at radius 1 is 1.57 bits per heavy atom. The minimum absolute atomic E-state index is 0.0271. The van der Waals surface area contributed by atoms with E-state index in [1.807, 2.05) is 36.4 Å². The summed E-state index contributed by atoms with van der Waals surface area (Å²) in [6.45, 7) is 2.04. The van der Waals surface area contributed by atoms with Gasteiger partial charge in [0.1, 0.15) is 0 Å². The number of benzene rings is 1. The van der Waals surface area contributed by atoms with Crippen LogP contribution in [0, 0.1) is 0 Å². The van der Waals surface area contributed by atoms with Crippen LogP contribution in [-0.2, 0) is 4.79 Å². The van der Waals surface area contributed by atoms with Crippen LogP contribution < -0.4 is 5.32 Å². The van der Waals surface area contributed by atoms with Crippen LogP contribution in [0.3, 0.4) is 0 Å². The molecular formula is C11H12ClNO. The van der Waals surface area contributed by atoms with Gasteiger partial charge in [-0.15, -0.1) is 0 Å². The lowest BCUT2D eigenvalue weighted by Crippen LogP contribution is -2.19. The van der Waals surface area contributed by atoms with Gasteiger partial charge >= 0.3 is 0 Å². The number of hydrogen-bond donors (Lipinski definition) is 1. The normalized spacial score (nSPS) is 10.4. The van der Waals surface area contributed by atoms with Crippen molar-refractivity contribution in [1.29, 1.82) is 0 Å². The summed E-state index contributed by atoms with van der Waals surface area (Å²) in [6.07, 6.45) is 3.80. The van der Waals surface area contributed by atoms with Crippen LogP contribution in [0.4, 0.5) is 0 Å². The van der Waals surface area contributed by atoms with Gasteiger partial charge in [-0.2, -0.15) is 0 Å². The van der Waals surface area contributed by atoms with Crippen LogP contribution in [0.1, 0.15) is 12.5 Å². The predicted molar refractivity (Wildman–Crippen MR) is 59.2 cm³/mol. The molecule has 0 radical (unpaired) electrons. The molecule has 0 aliphatic rings. The second-order valence-electron chi connectivity index (χ2n) is 2.89. The van der Waals surface area contributed by atoms with Gasteiger partial charge in [-0.3, -0.25) is 4.79 Å². The first-order valence-electron chi connectivity index (χ1n) is 4.35. The Morgan fingerprint density at radius 2 is 2.36 bits per heavy atom. The van der Waals surface area contributed by atoms with Gasteiger partial charge in [0.2, 0.25) is 5.91 Å². The molecule has 0 bridgehead atoms. The number of amides is 1. The van der Waals surface area contributed by atoms with E-state index in [4.69, 9.17) is 11.6 Å². The average Bonchev–Trinajstić information content (AvgIpc) is 2.12. The molecule has 2 nitrogen and oxygen atoms in total. The van der Waals surface area contributed by atoms with E-state index in [-0.39, 0.29) is 5.91 Å². The summed E-state index contributed by atoms with van der Waals surface area (Å²) in [6, 6.07) is 7.54. The molecule has 0 atom stereocenters. The first-order valence-corrected chi connectivity index (χ1v) is 4.73. The lowest BCUT2D eigenvalue weighted by molar-refractivity contribution is -0.118. The smallest absolute Gasteiger partial charge is 0.217 e. The Morgan fingerprint density at radius 3 is 3.00 bits per heavy atom. The molecule has 0 heterocycles. The summed E-state index contributed by atoms with van der Waals surface area (Å²) in [5.41, 5.74) is 1.03. The largest absolute Gasteiger partial charge is 0.353 e. The number of rotatable bonds is 3. The van der Waals surface area contributed by atoms with Crippen LogP contribution in [-0.4, -0.2) is 12.5 Å². The number of nitrogens with one attached hydrogen (secondary N) is 1. The summed E-state index contributed by atoms with van der Waals surface area (Å²) in [5.74, 6) is -0.0271. The quantitative estimate of drug-likeness (QED) is 0.814. The first kappa shape index (κ1) is 10.8. The van der Waals surface area contributed by atoms with Crippen molar-refractivity contribution in [2.24, 2.45) is 0 Å². The molecule has 0 spiro atoms. The zero-order valence-corrected chi connectivity index (χ0v) is 8.71. The molecule has 0 unspecified atom stereocenters. The summed E-state index contributed by atoms with van der Waals surface area (Å²) >= 11 is 5.80. The van der Waals surface area contributed by atoms with Gasteiger partial charge in [-0.25, -0.2) is 0 Å². The molecule has 0 saturated carbocycles. The Balaban J connectivity index is 2.47. The SMILES string of the molecule is CC(=O)NCC=Cc1cccc(Cl)c1. The van der Waals surface area contributed by atoms with Gasteiger partial charge in [-0.05, 0) is 17.7 Å². The van der Waals surface area contributed by atoms with Crippen molar-refractivity contribution in [2.75, 3.05) is 6.54 Å². The topological polar surface area (TPSA) is 29.1 Å². The monoisotopic (exact) mass is 209 g/mol. The molecule has 14 heavy (non-hydrogen) atoms. The highest BCUT2D eigenvalue weighted by atomic mass is 35.5. The molecule has 74 valence electrons.